The molecule has 0 saturated carbocycles. The lowest BCUT2D eigenvalue weighted by Gasteiger charge is -2.49. The molecule has 2 aliphatic heterocycles. The molecule has 0 N–H and O–H groups in total. The van der Waals surface area contributed by atoms with Gasteiger partial charge in [0.25, 0.3) is 0 Å². The summed E-state index contributed by atoms with van der Waals surface area (Å²) in [6.07, 6.45) is -1.42. The Morgan fingerprint density at radius 1 is 0.850 bits per heavy atom. The van der Waals surface area contributed by atoms with Crippen LogP contribution in [0.2, 0.25) is 0 Å². The molecule has 5 rings (SSSR count). The third kappa shape index (κ3) is 8.14. The summed E-state index contributed by atoms with van der Waals surface area (Å²) >= 11 is 1.55. The summed E-state index contributed by atoms with van der Waals surface area (Å²) in [6, 6.07) is 29.6. The molecule has 2 heterocycles. The van der Waals surface area contributed by atoms with Crippen LogP contribution in [-0.2, 0) is 44.9 Å². The molecule has 214 valence electrons. The summed E-state index contributed by atoms with van der Waals surface area (Å²) in [5.41, 5.74) is 1.49. The standard InChI is InChI=1S/C30H34O8S2/c1-40(31,32)18-17-33-21-36-27-26-25(20-35-29(38-26)23-13-7-3-8-14-23)37-30(39-24-15-9-4-10-16-24)28(27)34-19-22-11-5-2-6-12-22/h2-16,25-30H,17-21H2,1H3/t25-,26-,27+,28+,29?,30+/m1/s1. The lowest BCUT2D eigenvalue weighted by atomic mass is 9.98. The first-order valence-electron chi connectivity index (χ1n) is 13.2. The van der Waals surface area contributed by atoms with Gasteiger partial charge in [0.15, 0.2) is 6.29 Å². The van der Waals surface area contributed by atoms with E-state index in [9.17, 15) is 8.42 Å². The molecule has 0 aromatic heterocycles. The van der Waals surface area contributed by atoms with Crippen molar-refractivity contribution in [3.8, 4) is 0 Å². The summed E-state index contributed by atoms with van der Waals surface area (Å²) in [5.74, 6) is -0.0863. The third-order valence-electron chi connectivity index (χ3n) is 6.58. The lowest BCUT2D eigenvalue weighted by Crippen LogP contribution is -2.62. The van der Waals surface area contributed by atoms with E-state index in [0.717, 1.165) is 16.0 Å². The van der Waals surface area contributed by atoms with Gasteiger partial charge in [-0.25, -0.2) is 8.42 Å². The Hall–Kier alpha value is -2.28. The number of fused-ring (bicyclic) bond motifs is 1. The Bertz CT molecular complexity index is 1280. The number of thioether (sulfide) groups is 1. The van der Waals surface area contributed by atoms with Crippen LogP contribution in [0.4, 0.5) is 0 Å². The summed E-state index contributed by atoms with van der Waals surface area (Å²) in [4.78, 5) is 1.03. The molecule has 2 saturated heterocycles. The van der Waals surface area contributed by atoms with Crippen LogP contribution >= 0.6 is 11.8 Å². The Labute approximate surface area is 239 Å². The molecule has 2 aliphatic rings. The fraction of sp³-hybridized carbons (Fsp3) is 0.400. The van der Waals surface area contributed by atoms with Gasteiger partial charge in [0.1, 0.15) is 46.5 Å². The molecule has 3 aromatic rings. The van der Waals surface area contributed by atoms with Crippen LogP contribution in [0.3, 0.4) is 0 Å². The monoisotopic (exact) mass is 586 g/mol. The van der Waals surface area contributed by atoms with Gasteiger partial charge in [0, 0.05) is 16.7 Å². The van der Waals surface area contributed by atoms with Gasteiger partial charge < -0.3 is 28.4 Å². The number of ether oxygens (including phenoxy) is 6. The Morgan fingerprint density at radius 2 is 1.52 bits per heavy atom. The van der Waals surface area contributed by atoms with Gasteiger partial charge in [0.2, 0.25) is 0 Å². The van der Waals surface area contributed by atoms with Crippen molar-refractivity contribution in [3.05, 3.63) is 102 Å². The molecule has 1 unspecified atom stereocenters. The Balaban J connectivity index is 1.38. The first kappa shape index (κ1) is 29.2. The zero-order chi connectivity index (χ0) is 27.8. The average Bonchev–Trinajstić information content (AvgIpc) is 2.97. The van der Waals surface area contributed by atoms with Crippen LogP contribution in [0.1, 0.15) is 17.4 Å². The van der Waals surface area contributed by atoms with Crippen LogP contribution in [-0.4, -0.2) is 70.3 Å². The summed E-state index contributed by atoms with van der Waals surface area (Å²) < 4.78 is 60.6. The summed E-state index contributed by atoms with van der Waals surface area (Å²) in [5, 5.41) is 0. The molecule has 0 spiro atoms. The van der Waals surface area contributed by atoms with Gasteiger partial charge in [0.05, 0.1) is 25.6 Å². The predicted octanol–water partition coefficient (Wildman–Crippen LogP) is 4.61. The predicted molar refractivity (Wildman–Crippen MR) is 151 cm³/mol. The highest BCUT2D eigenvalue weighted by atomic mass is 32.2. The fourth-order valence-corrected chi connectivity index (χ4v) is 6.15. The molecule has 6 atom stereocenters. The minimum absolute atomic E-state index is 0.0322. The van der Waals surface area contributed by atoms with Crippen molar-refractivity contribution in [2.45, 2.75) is 47.6 Å². The van der Waals surface area contributed by atoms with Gasteiger partial charge in [-0.15, -0.1) is 0 Å². The largest absolute Gasteiger partial charge is 0.367 e. The number of benzene rings is 3. The van der Waals surface area contributed by atoms with Crippen molar-refractivity contribution >= 4 is 21.6 Å². The van der Waals surface area contributed by atoms with Crippen molar-refractivity contribution in [1.82, 2.24) is 0 Å². The van der Waals surface area contributed by atoms with Crippen molar-refractivity contribution < 1.29 is 36.8 Å². The van der Waals surface area contributed by atoms with Crippen LogP contribution in [0, 0.1) is 0 Å². The maximum absolute atomic E-state index is 11.5. The minimum Gasteiger partial charge on any atom is -0.367 e. The molecule has 40 heavy (non-hydrogen) atoms. The van der Waals surface area contributed by atoms with Gasteiger partial charge in [-0.3, -0.25) is 0 Å². The lowest BCUT2D eigenvalue weighted by molar-refractivity contribution is -0.334. The highest BCUT2D eigenvalue weighted by Crippen LogP contribution is 2.41. The average molecular weight is 587 g/mol. The van der Waals surface area contributed by atoms with Gasteiger partial charge in [-0.05, 0) is 17.7 Å². The zero-order valence-corrected chi connectivity index (χ0v) is 23.9. The van der Waals surface area contributed by atoms with E-state index in [-0.39, 0.29) is 19.2 Å². The van der Waals surface area contributed by atoms with Crippen molar-refractivity contribution in [3.63, 3.8) is 0 Å². The van der Waals surface area contributed by atoms with Gasteiger partial charge in [-0.1, -0.05) is 90.6 Å². The van der Waals surface area contributed by atoms with E-state index >= 15 is 0 Å². The quantitative estimate of drug-likeness (QED) is 0.223. The first-order valence-corrected chi connectivity index (χ1v) is 16.1. The van der Waals surface area contributed by atoms with E-state index in [1.54, 1.807) is 11.8 Å². The van der Waals surface area contributed by atoms with E-state index in [1.807, 2.05) is 91.0 Å². The smallest absolute Gasteiger partial charge is 0.184 e. The van der Waals surface area contributed by atoms with Crippen LogP contribution < -0.4 is 0 Å². The van der Waals surface area contributed by atoms with E-state index in [1.165, 1.54) is 6.26 Å². The molecule has 2 fully saturated rings. The second kappa shape index (κ2) is 14.1. The fourth-order valence-electron chi connectivity index (χ4n) is 4.58. The molecule has 0 aliphatic carbocycles. The highest BCUT2D eigenvalue weighted by molar-refractivity contribution is 7.99. The topological polar surface area (TPSA) is 89.5 Å². The molecule has 0 bridgehead atoms. The van der Waals surface area contributed by atoms with Gasteiger partial charge in [-0.2, -0.15) is 0 Å². The van der Waals surface area contributed by atoms with Crippen LogP contribution in [0.25, 0.3) is 0 Å². The second-order valence-electron chi connectivity index (χ2n) is 9.70. The molecule has 0 amide bonds. The first-order chi connectivity index (χ1) is 19.5. The minimum atomic E-state index is -3.15. The Morgan fingerprint density at radius 3 is 2.23 bits per heavy atom. The maximum Gasteiger partial charge on any atom is 0.184 e. The van der Waals surface area contributed by atoms with Gasteiger partial charge >= 0.3 is 0 Å². The SMILES string of the molecule is CS(=O)(=O)CCOCO[C@H]1[C@@H]2OC(c3ccccc3)OC[C@H]2O[C@@H](Sc2ccccc2)[C@H]1OCc1ccccc1. The number of hydrogen-bond acceptors (Lipinski definition) is 9. The highest BCUT2D eigenvalue weighted by Gasteiger charge is 2.51. The Kier molecular flexibility index (Phi) is 10.3. The second-order valence-corrected chi connectivity index (χ2v) is 13.1. The van der Waals surface area contributed by atoms with E-state index in [2.05, 4.69) is 0 Å². The molecular formula is C30H34O8S2. The molecule has 3 aromatic carbocycles. The third-order valence-corrected chi connectivity index (χ3v) is 8.64. The summed E-state index contributed by atoms with van der Waals surface area (Å²) in [6.45, 7) is 0.587. The summed E-state index contributed by atoms with van der Waals surface area (Å²) in [7, 11) is -3.15. The number of rotatable bonds is 12. The van der Waals surface area contributed by atoms with E-state index < -0.39 is 46.0 Å². The zero-order valence-electron chi connectivity index (χ0n) is 22.2. The molecule has 10 heteroatoms. The van der Waals surface area contributed by atoms with Crippen molar-refractivity contribution in [2.24, 2.45) is 0 Å². The molecular weight excluding hydrogens is 552 g/mol. The molecule has 8 nitrogen and oxygen atoms in total. The normalized spacial score (nSPS) is 26.7. The van der Waals surface area contributed by atoms with Crippen molar-refractivity contribution in [1.29, 1.82) is 0 Å². The van der Waals surface area contributed by atoms with Crippen LogP contribution in [0.5, 0.6) is 0 Å². The number of hydrogen-bond donors (Lipinski definition) is 0. The van der Waals surface area contributed by atoms with E-state index in [4.69, 9.17) is 28.4 Å². The van der Waals surface area contributed by atoms with E-state index in [0.29, 0.717) is 13.2 Å². The number of sulfone groups is 1. The van der Waals surface area contributed by atoms with Crippen LogP contribution in [0.15, 0.2) is 95.9 Å². The maximum atomic E-state index is 11.5. The molecule has 0 radical (unpaired) electrons. The van der Waals surface area contributed by atoms with Crippen molar-refractivity contribution in [2.75, 3.05) is 32.0 Å².